The Labute approximate surface area is 187 Å². The summed E-state index contributed by atoms with van der Waals surface area (Å²) in [5.41, 5.74) is 2.49. The van der Waals surface area contributed by atoms with E-state index in [9.17, 15) is 20.2 Å². The van der Waals surface area contributed by atoms with Crippen molar-refractivity contribution in [3.8, 4) is 17.5 Å². The topological polar surface area (TPSA) is 138 Å². The molecular formula is C22H18N6O5. The van der Waals surface area contributed by atoms with Gasteiger partial charge in [0.2, 0.25) is 0 Å². The second-order valence-corrected chi connectivity index (χ2v) is 7.41. The zero-order chi connectivity index (χ0) is 23.5. The van der Waals surface area contributed by atoms with Gasteiger partial charge in [0.15, 0.2) is 5.69 Å². The van der Waals surface area contributed by atoms with E-state index in [2.05, 4.69) is 21.1 Å². The van der Waals surface area contributed by atoms with Crippen LogP contribution >= 0.6 is 0 Å². The SMILES string of the molecule is CC(C)n1nc(C#N)c2cc(-n3cc(C(=O)Oc4cccc(CO[N+](=O)[O-])c4)cn3)ccc21. The summed E-state index contributed by atoms with van der Waals surface area (Å²) >= 11 is 0. The van der Waals surface area contributed by atoms with Crippen molar-refractivity contribution in [3.05, 3.63) is 81.8 Å². The summed E-state index contributed by atoms with van der Waals surface area (Å²) in [4.78, 5) is 27.2. The molecule has 166 valence electrons. The highest BCUT2D eigenvalue weighted by Crippen LogP contribution is 2.24. The predicted octanol–water partition coefficient (Wildman–Crippen LogP) is 3.60. The number of hydrogen-bond acceptors (Lipinski definition) is 8. The molecule has 0 saturated carbocycles. The van der Waals surface area contributed by atoms with Crippen LogP contribution in [0.1, 0.15) is 41.5 Å². The van der Waals surface area contributed by atoms with Crippen molar-refractivity contribution >= 4 is 16.9 Å². The van der Waals surface area contributed by atoms with Crippen LogP contribution in [0.2, 0.25) is 0 Å². The molecule has 0 N–H and O–H groups in total. The molecule has 0 radical (unpaired) electrons. The van der Waals surface area contributed by atoms with Gasteiger partial charge in [-0.2, -0.15) is 15.5 Å². The number of aromatic nitrogens is 4. The molecule has 2 heterocycles. The van der Waals surface area contributed by atoms with E-state index in [0.717, 1.165) is 5.52 Å². The first-order valence-electron chi connectivity index (χ1n) is 9.91. The van der Waals surface area contributed by atoms with E-state index < -0.39 is 11.1 Å². The summed E-state index contributed by atoms with van der Waals surface area (Å²) in [5.74, 6) is -0.418. The lowest BCUT2D eigenvalue weighted by Crippen LogP contribution is -2.08. The Hall–Kier alpha value is -4.72. The Kier molecular flexibility index (Phi) is 5.73. The van der Waals surface area contributed by atoms with Crippen molar-refractivity contribution in [1.82, 2.24) is 19.6 Å². The van der Waals surface area contributed by atoms with Gasteiger partial charge in [0.25, 0.3) is 5.09 Å². The number of nitriles is 1. The van der Waals surface area contributed by atoms with Crippen molar-refractivity contribution in [2.24, 2.45) is 0 Å². The van der Waals surface area contributed by atoms with Gasteiger partial charge in [-0.3, -0.25) is 4.68 Å². The van der Waals surface area contributed by atoms with E-state index in [-0.39, 0.29) is 24.0 Å². The smallest absolute Gasteiger partial charge is 0.346 e. The summed E-state index contributed by atoms with van der Waals surface area (Å²) < 4.78 is 8.65. The summed E-state index contributed by atoms with van der Waals surface area (Å²) in [6.45, 7) is 3.72. The highest BCUT2D eigenvalue weighted by Gasteiger charge is 2.16. The zero-order valence-electron chi connectivity index (χ0n) is 17.7. The molecule has 4 rings (SSSR count). The van der Waals surface area contributed by atoms with E-state index >= 15 is 0 Å². The van der Waals surface area contributed by atoms with Crippen molar-refractivity contribution in [1.29, 1.82) is 5.26 Å². The van der Waals surface area contributed by atoms with Crippen molar-refractivity contribution in [2.75, 3.05) is 0 Å². The predicted molar refractivity (Wildman–Crippen MR) is 115 cm³/mol. The van der Waals surface area contributed by atoms with E-state index in [1.165, 1.54) is 23.1 Å². The number of carbonyl (C=O) groups excluding carboxylic acids is 1. The molecule has 0 atom stereocenters. The molecule has 4 aromatic rings. The summed E-state index contributed by atoms with van der Waals surface area (Å²) in [6.07, 6.45) is 2.89. The molecule has 11 nitrogen and oxygen atoms in total. The number of ether oxygens (including phenoxy) is 1. The van der Waals surface area contributed by atoms with Crippen LogP contribution in [0.4, 0.5) is 0 Å². The Morgan fingerprint density at radius 3 is 2.82 bits per heavy atom. The Morgan fingerprint density at radius 2 is 2.09 bits per heavy atom. The summed E-state index contributed by atoms with van der Waals surface area (Å²) in [6, 6.07) is 13.9. The summed E-state index contributed by atoms with van der Waals surface area (Å²) in [7, 11) is 0. The minimum atomic E-state index is -0.891. The third kappa shape index (κ3) is 4.49. The van der Waals surface area contributed by atoms with E-state index in [1.54, 1.807) is 28.9 Å². The van der Waals surface area contributed by atoms with Gasteiger partial charge in [0, 0.05) is 17.6 Å². The standard InChI is InChI=1S/C22H18N6O5/c1-14(2)27-21-7-6-17(9-19(21)20(10-23)25-27)26-12-16(11-24-26)22(29)33-18-5-3-4-15(8-18)13-32-28(30)31/h3-9,11-12,14H,13H2,1-2H3. The molecule has 33 heavy (non-hydrogen) atoms. The number of carbonyl (C=O) groups is 1. The minimum Gasteiger partial charge on any atom is -0.423 e. The molecule has 0 aliphatic carbocycles. The lowest BCUT2D eigenvalue weighted by Gasteiger charge is -2.07. The fraction of sp³-hybridized carbons (Fsp3) is 0.182. The van der Waals surface area contributed by atoms with Crippen molar-refractivity contribution < 1.29 is 19.5 Å². The second kappa shape index (κ2) is 8.80. The number of hydrogen-bond donors (Lipinski definition) is 0. The van der Waals surface area contributed by atoms with Gasteiger partial charge in [0.1, 0.15) is 18.4 Å². The van der Waals surface area contributed by atoms with Gasteiger partial charge in [0.05, 0.1) is 23.0 Å². The molecule has 0 unspecified atom stereocenters. The first-order valence-corrected chi connectivity index (χ1v) is 9.91. The number of nitrogens with zero attached hydrogens (tertiary/aromatic N) is 6. The monoisotopic (exact) mass is 446 g/mol. The fourth-order valence-corrected chi connectivity index (χ4v) is 3.31. The molecule has 0 amide bonds. The molecule has 0 aliphatic heterocycles. The quantitative estimate of drug-likeness (QED) is 0.182. The Morgan fingerprint density at radius 1 is 1.27 bits per heavy atom. The van der Waals surface area contributed by atoms with Gasteiger partial charge in [-0.05, 0) is 49.7 Å². The van der Waals surface area contributed by atoms with Crippen LogP contribution in [0.3, 0.4) is 0 Å². The number of esters is 1. The first-order chi connectivity index (χ1) is 15.9. The van der Waals surface area contributed by atoms with Crippen LogP contribution < -0.4 is 4.74 Å². The van der Waals surface area contributed by atoms with Gasteiger partial charge >= 0.3 is 5.97 Å². The first kappa shape index (κ1) is 21.5. The van der Waals surface area contributed by atoms with Crippen LogP contribution in [0.25, 0.3) is 16.6 Å². The van der Waals surface area contributed by atoms with Gasteiger partial charge in [-0.15, -0.1) is 10.1 Å². The third-order valence-electron chi connectivity index (χ3n) is 4.81. The molecule has 0 fully saturated rings. The molecular weight excluding hydrogens is 428 g/mol. The van der Waals surface area contributed by atoms with E-state index in [0.29, 0.717) is 22.3 Å². The number of fused-ring (bicyclic) bond motifs is 1. The van der Waals surface area contributed by atoms with Crippen molar-refractivity contribution in [3.63, 3.8) is 0 Å². The molecule has 0 spiro atoms. The maximum atomic E-state index is 12.6. The Balaban J connectivity index is 1.55. The molecule has 11 heteroatoms. The van der Waals surface area contributed by atoms with Crippen LogP contribution in [-0.4, -0.2) is 30.6 Å². The largest absolute Gasteiger partial charge is 0.423 e. The normalized spacial score (nSPS) is 10.8. The third-order valence-corrected chi connectivity index (χ3v) is 4.81. The highest BCUT2D eigenvalue weighted by molar-refractivity contribution is 5.91. The average Bonchev–Trinajstić information content (AvgIpc) is 3.43. The highest BCUT2D eigenvalue weighted by atomic mass is 16.9. The maximum absolute atomic E-state index is 12.6. The molecule has 0 aliphatic rings. The van der Waals surface area contributed by atoms with E-state index in [1.807, 2.05) is 26.0 Å². The van der Waals surface area contributed by atoms with Gasteiger partial charge in [-0.25, -0.2) is 9.48 Å². The van der Waals surface area contributed by atoms with Crippen molar-refractivity contribution in [2.45, 2.75) is 26.5 Å². The molecule has 2 aromatic carbocycles. The minimum absolute atomic E-state index is 0.0936. The molecule has 0 bridgehead atoms. The van der Waals surface area contributed by atoms with E-state index in [4.69, 9.17) is 4.74 Å². The molecule has 0 saturated heterocycles. The zero-order valence-corrected chi connectivity index (χ0v) is 17.7. The summed E-state index contributed by atoms with van der Waals surface area (Å²) in [5, 5.41) is 28.2. The van der Waals surface area contributed by atoms with Crippen LogP contribution in [-0.2, 0) is 11.4 Å². The number of benzene rings is 2. The average molecular weight is 446 g/mol. The van der Waals surface area contributed by atoms with Crippen LogP contribution in [0.5, 0.6) is 5.75 Å². The Bertz CT molecular complexity index is 1400. The molecule has 2 aromatic heterocycles. The maximum Gasteiger partial charge on any atom is 0.346 e. The number of rotatable bonds is 7. The van der Waals surface area contributed by atoms with Crippen LogP contribution in [0, 0.1) is 21.4 Å². The van der Waals surface area contributed by atoms with Gasteiger partial charge in [-0.1, -0.05) is 12.1 Å². The lowest BCUT2D eigenvalue weighted by atomic mass is 10.2. The lowest BCUT2D eigenvalue weighted by molar-refractivity contribution is -0.763. The van der Waals surface area contributed by atoms with Crippen LogP contribution in [0.15, 0.2) is 54.9 Å². The fourth-order valence-electron chi connectivity index (χ4n) is 3.31. The second-order valence-electron chi connectivity index (χ2n) is 7.41. The van der Waals surface area contributed by atoms with Gasteiger partial charge < -0.3 is 9.57 Å².